The van der Waals surface area contributed by atoms with Gasteiger partial charge < -0.3 is 20.1 Å². The molecule has 2 N–H and O–H groups in total. The third-order valence-corrected chi connectivity index (χ3v) is 7.70. The Kier molecular flexibility index (Phi) is 6.36. The van der Waals surface area contributed by atoms with Gasteiger partial charge in [0.25, 0.3) is 5.91 Å². The van der Waals surface area contributed by atoms with Gasteiger partial charge in [-0.05, 0) is 94.2 Å². The van der Waals surface area contributed by atoms with Gasteiger partial charge in [-0.2, -0.15) is 0 Å². The number of amides is 1. The molecule has 166 valence electrons. The van der Waals surface area contributed by atoms with Gasteiger partial charge >= 0.3 is 0 Å². The first-order chi connectivity index (χ1) is 14.2. The average Bonchev–Trinajstić information content (AvgIpc) is 2.65. The molecule has 4 saturated carbocycles. The van der Waals surface area contributed by atoms with E-state index in [4.69, 9.17) is 9.47 Å². The molecular weight excluding hydrogens is 444 g/mol. The maximum absolute atomic E-state index is 12.1. The van der Waals surface area contributed by atoms with E-state index in [1.165, 1.54) is 32.1 Å². The second-order valence-electron chi connectivity index (χ2n) is 10.5. The van der Waals surface area contributed by atoms with Crippen molar-refractivity contribution < 1.29 is 14.3 Å². The summed E-state index contributed by atoms with van der Waals surface area (Å²) in [7, 11) is 1.64. The highest BCUT2D eigenvalue weighted by Gasteiger charge is 2.47. The van der Waals surface area contributed by atoms with Crippen molar-refractivity contribution in [3.63, 3.8) is 0 Å². The Hall–Kier alpha value is -1.27. The van der Waals surface area contributed by atoms with Gasteiger partial charge in [0.05, 0.1) is 7.11 Å². The molecule has 4 bridgehead atoms. The van der Waals surface area contributed by atoms with Crippen LogP contribution in [0.1, 0.15) is 58.4 Å². The Bertz CT molecular complexity index is 761. The summed E-state index contributed by atoms with van der Waals surface area (Å²) >= 11 is 3.69. The van der Waals surface area contributed by atoms with Crippen LogP contribution in [-0.2, 0) is 11.3 Å². The smallest absolute Gasteiger partial charge is 0.258 e. The molecule has 0 atom stereocenters. The zero-order chi connectivity index (χ0) is 21.5. The molecule has 6 heteroatoms. The maximum atomic E-state index is 12.1. The number of methoxy groups -OCH3 is 1. The Morgan fingerprint density at radius 2 is 1.70 bits per heavy atom. The molecule has 1 amide bonds. The van der Waals surface area contributed by atoms with Crippen molar-refractivity contribution in [2.45, 2.75) is 71.0 Å². The predicted molar refractivity (Wildman–Crippen MR) is 122 cm³/mol. The molecule has 4 aliphatic rings. The summed E-state index contributed by atoms with van der Waals surface area (Å²) in [4.78, 5) is 12.1. The van der Waals surface area contributed by atoms with Crippen LogP contribution in [0.5, 0.6) is 11.5 Å². The van der Waals surface area contributed by atoms with E-state index in [-0.39, 0.29) is 18.1 Å². The van der Waals surface area contributed by atoms with Crippen molar-refractivity contribution in [3.8, 4) is 11.5 Å². The molecule has 0 radical (unpaired) electrons. The minimum absolute atomic E-state index is 0.0363. The van der Waals surface area contributed by atoms with E-state index in [0.29, 0.717) is 17.5 Å². The van der Waals surface area contributed by atoms with E-state index in [2.05, 4.69) is 26.6 Å². The Morgan fingerprint density at radius 3 is 2.27 bits per heavy atom. The van der Waals surface area contributed by atoms with Gasteiger partial charge in [0.2, 0.25) is 0 Å². The van der Waals surface area contributed by atoms with Crippen molar-refractivity contribution in [2.75, 3.05) is 13.7 Å². The number of ether oxygens (including phenoxy) is 2. The van der Waals surface area contributed by atoms with E-state index < -0.39 is 0 Å². The number of nitrogens with one attached hydrogen (secondary N) is 2. The van der Waals surface area contributed by atoms with Crippen LogP contribution in [0.3, 0.4) is 0 Å². The van der Waals surface area contributed by atoms with Crippen molar-refractivity contribution >= 4 is 21.8 Å². The van der Waals surface area contributed by atoms with Crippen LogP contribution in [-0.4, -0.2) is 31.2 Å². The number of rotatable bonds is 7. The molecule has 30 heavy (non-hydrogen) atoms. The third-order valence-electron chi connectivity index (χ3n) is 6.96. The first-order valence-electron chi connectivity index (χ1n) is 11.3. The van der Waals surface area contributed by atoms with Crippen molar-refractivity contribution in [2.24, 2.45) is 23.7 Å². The summed E-state index contributed by atoms with van der Waals surface area (Å²) in [5, 5.41) is 6.79. The lowest BCUT2D eigenvalue weighted by atomic mass is 9.54. The molecule has 5 nitrogen and oxygen atoms in total. The highest BCUT2D eigenvalue weighted by molar-refractivity contribution is 9.10. The molecule has 1 aromatic carbocycles. The van der Waals surface area contributed by atoms with Crippen molar-refractivity contribution in [1.82, 2.24) is 10.6 Å². The van der Waals surface area contributed by atoms with Gasteiger partial charge in [-0.15, -0.1) is 0 Å². The second kappa shape index (κ2) is 8.70. The number of carbonyl (C=O) groups excluding carboxylic acids is 1. The number of carbonyl (C=O) groups is 1. The molecule has 0 saturated heterocycles. The standard InChI is InChI=1S/C24H35BrN2O3/c1-24(2,3)27-22(28)13-30-21-11-19(25)18(10-20(21)29-4)12-26-23-16-6-14-5-15(8-16)9-17(23)7-14/h10-11,14-17,23,26H,5-9,12-13H2,1-4H3,(H,27,28). The van der Waals surface area contributed by atoms with E-state index in [9.17, 15) is 4.79 Å². The van der Waals surface area contributed by atoms with Crippen LogP contribution in [0.2, 0.25) is 0 Å². The quantitative estimate of drug-likeness (QED) is 0.597. The van der Waals surface area contributed by atoms with Crippen LogP contribution < -0.4 is 20.1 Å². The molecule has 0 aliphatic heterocycles. The first-order valence-corrected chi connectivity index (χ1v) is 12.0. The molecular formula is C24H35BrN2O3. The SMILES string of the molecule is COc1cc(CNC2C3CC4CC(C3)CC2C4)c(Br)cc1OCC(=O)NC(C)(C)C. The third kappa shape index (κ3) is 4.96. The fraction of sp³-hybridized carbons (Fsp3) is 0.708. The van der Waals surface area contributed by atoms with E-state index in [1.54, 1.807) is 7.11 Å². The monoisotopic (exact) mass is 478 g/mol. The second-order valence-corrected chi connectivity index (χ2v) is 11.4. The first kappa shape index (κ1) is 21.9. The van der Waals surface area contributed by atoms with Crippen LogP contribution in [0.4, 0.5) is 0 Å². The van der Waals surface area contributed by atoms with Crippen LogP contribution >= 0.6 is 15.9 Å². The summed E-state index contributed by atoms with van der Waals surface area (Å²) in [5.41, 5.74) is 0.880. The number of benzene rings is 1. The van der Waals surface area contributed by atoms with Crippen LogP contribution in [0, 0.1) is 23.7 Å². The Labute approximate surface area is 188 Å². The average molecular weight is 479 g/mol. The zero-order valence-corrected chi connectivity index (χ0v) is 20.2. The Balaban J connectivity index is 1.38. The summed E-state index contributed by atoms with van der Waals surface area (Å²) < 4.78 is 12.3. The zero-order valence-electron chi connectivity index (χ0n) is 18.6. The summed E-state index contributed by atoms with van der Waals surface area (Å²) in [5.74, 6) is 4.77. The van der Waals surface area contributed by atoms with E-state index in [0.717, 1.165) is 40.3 Å². The van der Waals surface area contributed by atoms with Gasteiger partial charge in [0.15, 0.2) is 18.1 Å². The van der Waals surface area contributed by atoms with E-state index >= 15 is 0 Å². The van der Waals surface area contributed by atoms with Crippen LogP contribution in [0.15, 0.2) is 16.6 Å². The normalized spacial score (nSPS) is 29.7. The molecule has 1 aromatic rings. The van der Waals surface area contributed by atoms with Crippen molar-refractivity contribution in [1.29, 1.82) is 0 Å². The summed E-state index contributed by atoms with van der Waals surface area (Å²) in [6.07, 6.45) is 7.14. The largest absolute Gasteiger partial charge is 0.493 e. The van der Waals surface area contributed by atoms with Crippen LogP contribution in [0.25, 0.3) is 0 Å². The maximum Gasteiger partial charge on any atom is 0.258 e. The van der Waals surface area contributed by atoms with Crippen molar-refractivity contribution in [3.05, 3.63) is 22.2 Å². The predicted octanol–water partition coefficient (Wildman–Crippen LogP) is 4.67. The Morgan fingerprint density at radius 1 is 1.07 bits per heavy atom. The molecule has 4 fully saturated rings. The van der Waals surface area contributed by atoms with Gasteiger partial charge in [0.1, 0.15) is 0 Å². The molecule has 0 unspecified atom stereocenters. The highest BCUT2D eigenvalue weighted by atomic mass is 79.9. The fourth-order valence-corrected chi connectivity index (χ4v) is 6.53. The lowest BCUT2D eigenvalue weighted by Crippen LogP contribution is -2.54. The van der Waals surface area contributed by atoms with Gasteiger partial charge in [-0.25, -0.2) is 0 Å². The number of hydrogen-bond donors (Lipinski definition) is 2. The van der Waals surface area contributed by atoms with Gasteiger partial charge in [0, 0.05) is 22.6 Å². The highest BCUT2D eigenvalue weighted by Crippen LogP contribution is 2.53. The summed E-state index contributed by atoms with van der Waals surface area (Å²) in [6, 6.07) is 4.58. The molecule has 0 aromatic heterocycles. The van der Waals surface area contributed by atoms with Gasteiger partial charge in [-0.3, -0.25) is 4.79 Å². The minimum Gasteiger partial charge on any atom is -0.493 e. The van der Waals surface area contributed by atoms with Gasteiger partial charge in [-0.1, -0.05) is 15.9 Å². The number of halogens is 1. The fourth-order valence-electron chi connectivity index (χ4n) is 6.07. The topological polar surface area (TPSA) is 59.6 Å². The molecule has 5 rings (SSSR count). The molecule has 0 heterocycles. The lowest BCUT2D eigenvalue weighted by Gasteiger charge is -2.54. The molecule has 0 spiro atoms. The number of hydrogen-bond acceptors (Lipinski definition) is 4. The van der Waals surface area contributed by atoms with E-state index in [1.807, 2.05) is 32.9 Å². The lowest BCUT2D eigenvalue weighted by molar-refractivity contribution is -0.124. The minimum atomic E-state index is -0.279. The summed E-state index contributed by atoms with van der Waals surface area (Å²) in [6.45, 7) is 6.63. The molecule has 4 aliphatic carbocycles.